The van der Waals surface area contributed by atoms with Crippen molar-refractivity contribution >= 4 is 34.5 Å². The second kappa shape index (κ2) is 7.63. The summed E-state index contributed by atoms with van der Waals surface area (Å²) >= 11 is 6.89. The highest BCUT2D eigenvalue weighted by Crippen LogP contribution is 2.22. The molecule has 0 saturated carbocycles. The van der Waals surface area contributed by atoms with Crippen LogP contribution in [0.3, 0.4) is 0 Å². The Labute approximate surface area is 115 Å². The van der Waals surface area contributed by atoms with Crippen LogP contribution < -0.4 is 0 Å². The maximum Gasteiger partial charge on any atom is 0.218 e. The Hall–Kier alpha value is -0.750. The first kappa shape index (κ1) is 15.3. The van der Waals surface area contributed by atoms with Gasteiger partial charge in [0.15, 0.2) is 11.6 Å². The summed E-state index contributed by atoms with van der Waals surface area (Å²) < 4.78 is 10.8. The van der Waals surface area contributed by atoms with E-state index in [9.17, 15) is 9.59 Å². The summed E-state index contributed by atoms with van der Waals surface area (Å²) in [5.41, 5.74) is 0. The van der Waals surface area contributed by atoms with E-state index in [1.54, 1.807) is 26.0 Å². The molecule has 1 aromatic rings. The monoisotopic (exact) mass is 290 g/mol. The first-order valence-corrected chi connectivity index (χ1v) is 6.82. The number of hydrogen-bond acceptors (Lipinski definition) is 5. The third-order valence-electron chi connectivity index (χ3n) is 2.08. The van der Waals surface area contributed by atoms with Gasteiger partial charge in [-0.05, 0) is 26.0 Å². The van der Waals surface area contributed by atoms with E-state index in [-0.39, 0.29) is 18.0 Å². The zero-order valence-corrected chi connectivity index (χ0v) is 11.8. The molecule has 0 fully saturated rings. The minimum Gasteiger partial charge on any atom is -0.346 e. The quantitative estimate of drug-likeness (QED) is 0.420. The minimum atomic E-state index is -0.959. The minimum absolute atomic E-state index is 0.235. The number of hydrogen-bond donors (Lipinski definition) is 0. The van der Waals surface area contributed by atoms with Crippen molar-refractivity contribution in [3.05, 3.63) is 21.3 Å². The summed E-state index contributed by atoms with van der Waals surface area (Å²) in [6.07, 6.45) is -1.19. The van der Waals surface area contributed by atoms with E-state index < -0.39 is 6.29 Å². The molecule has 0 radical (unpaired) electrons. The molecule has 0 aliphatic carbocycles. The first-order valence-electron chi connectivity index (χ1n) is 5.62. The molecule has 0 amide bonds. The number of carbonyl (C=O) groups is 2. The van der Waals surface area contributed by atoms with E-state index in [0.29, 0.717) is 22.4 Å². The zero-order chi connectivity index (χ0) is 13.5. The van der Waals surface area contributed by atoms with Gasteiger partial charge in [-0.1, -0.05) is 11.6 Å². The normalized spacial score (nSPS) is 10.9. The molecule has 18 heavy (non-hydrogen) atoms. The fourth-order valence-corrected chi connectivity index (χ4v) is 2.31. The predicted octanol–water partition coefficient (Wildman–Crippen LogP) is 2.94. The average Bonchev–Trinajstić information content (AvgIpc) is 2.75. The van der Waals surface area contributed by atoms with Crippen LogP contribution in [-0.2, 0) is 14.3 Å². The van der Waals surface area contributed by atoms with Crippen LogP contribution in [0, 0.1) is 0 Å². The van der Waals surface area contributed by atoms with E-state index in [1.165, 1.54) is 0 Å². The van der Waals surface area contributed by atoms with Gasteiger partial charge in [0.1, 0.15) is 0 Å². The highest BCUT2D eigenvalue weighted by Gasteiger charge is 2.23. The Balaban J connectivity index is 2.59. The molecule has 0 aromatic carbocycles. The van der Waals surface area contributed by atoms with E-state index in [4.69, 9.17) is 21.1 Å². The molecule has 0 N–H and O–H groups in total. The fourth-order valence-electron chi connectivity index (χ4n) is 1.33. The van der Waals surface area contributed by atoms with Crippen LogP contribution in [-0.4, -0.2) is 31.1 Å². The van der Waals surface area contributed by atoms with Crippen molar-refractivity contribution in [1.82, 2.24) is 0 Å². The molecule has 100 valence electrons. The Morgan fingerprint density at radius 3 is 2.33 bits per heavy atom. The lowest BCUT2D eigenvalue weighted by molar-refractivity contribution is -0.166. The SMILES string of the molecule is CCOC(OCC)C(=O)CC(=O)c1ccc(Cl)s1. The number of halogens is 1. The summed E-state index contributed by atoms with van der Waals surface area (Å²) in [4.78, 5) is 24.1. The summed E-state index contributed by atoms with van der Waals surface area (Å²) in [5, 5.41) is 0. The fraction of sp³-hybridized carbons (Fsp3) is 0.500. The van der Waals surface area contributed by atoms with Gasteiger partial charge in [0.2, 0.25) is 6.29 Å². The number of ether oxygens (including phenoxy) is 2. The number of ketones is 2. The zero-order valence-electron chi connectivity index (χ0n) is 10.3. The van der Waals surface area contributed by atoms with E-state index in [0.717, 1.165) is 11.3 Å². The summed E-state index contributed by atoms with van der Waals surface area (Å²) in [5.74, 6) is -0.630. The second-order valence-corrected chi connectivity index (χ2v) is 5.13. The molecule has 0 bridgehead atoms. The van der Waals surface area contributed by atoms with Gasteiger partial charge in [0.25, 0.3) is 0 Å². The molecular weight excluding hydrogens is 276 g/mol. The summed E-state index contributed by atoms with van der Waals surface area (Å²) in [6.45, 7) is 4.24. The van der Waals surface area contributed by atoms with Crippen LogP contribution >= 0.6 is 22.9 Å². The molecule has 0 aliphatic rings. The third kappa shape index (κ3) is 4.49. The standard InChI is InChI=1S/C12H15ClO4S/c1-3-16-12(17-4-2)9(15)7-8(14)10-5-6-11(13)18-10/h5-6,12H,3-4,7H2,1-2H3. The molecule has 6 heteroatoms. The van der Waals surface area contributed by atoms with Gasteiger partial charge in [0, 0.05) is 13.2 Å². The van der Waals surface area contributed by atoms with Gasteiger partial charge in [-0.25, -0.2) is 0 Å². The van der Waals surface area contributed by atoms with Crippen LogP contribution in [0.1, 0.15) is 29.9 Å². The van der Waals surface area contributed by atoms with Crippen molar-refractivity contribution in [1.29, 1.82) is 0 Å². The Kier molecular flexibility index (Phi) is 6.49. The smallest absolute Gasteiger partial charge is 0.218 e. The summed E-state index contributed by atoms with van der Waals surface area (Å²) in [6, 6.07) is 3.24. The number of thiophene rings is 1. The molecule has 0 atom stereocenters. The molecule has 0 unspecified atom stereocenters. The Morgan fingerprint density at radius 2 is 1.89 bits per heavy atom. The van der Waals surface area contributed by atoms with E-state index >= 15 is 0 Å². The molecule has 1 rings (SSSR count). The molecule has 0 spiro atoms. The largest absolute Gasteiger partial charge is 0.346 e. The highest BCUT2D eigenvalue weighted by atomic mass is 35.5. The van der Waals surface area contributed by atoms with Crippen LogP contribution in [0.15, 0.2) is 12.1 Å². The number of Topliss-reactive ketones (excluding diaryl/α,β-unsaturated/α-hetero) is 2. The molecule has 1 heterocycles. The molecule has 4 nitrogen and oxygen atoms in total. The van der Waals surface area contributed by atoms with Crippen molar-refractivity contribution in [2.45, 2.75) is 26.6 Å². The third-order valence-corrected chi connectivity index (χ3v) is 3.35. The van der Waals surface area contributed by atoms with E-state index in [2.05, 4.69) is 0 Å². The summed E-state index contributed by atoms with van der Waals surface area (Å²) in [7, 11) is 0. The molecule has 0 saturated heterocycles. The van der Waals surface area contributed by atoms with Crippen molar-refractivity contribution in [3.8, 4) is 0 Å². The topological polar surface area (TPSA) is 52.6 Å². The highest BCUT2D eigenvalue weighted by molar-refractivity contribution is 7.18. The maximum atomic E-state index is 11.8. The lowest BCUT2D eigenvalue weighted by atomic mass is 10.1. The van der Waals surface area contributed by atoms with Crippen molar-refractivity contribution in [3.63, 3.8) is 0 Å². The van der Waals surface area contributed by atoms with Gasteiger partial charge >= 0.3 is 0 Å². The lowest BCUT2D eigenvalue weighted by Crippen LogP contribution is -2.29. The van der Waals surface area contributed by atoms with Crippen molar-refractivity contribution in [2.75, 3.05) is 13.2 Å². The van der Waals surface area contributed by atoms with Crippen LogP contribution in [0.4, 0.5) is 0 Å². The molecule has 0 aliphatic heterocycles. The average molecular weight is 291 g/mol. The van der Waals surface area contributed by atoms with Gasteiger partial charge in [-0.2, -0.15) is 0 Å². The van der Waals surface area contributed by atoms with Gasteiger partial charge in [-0.3, -0.25) is 9.59 Å². The van der Waals surface area contributed by atoms with Crippen LogP contribution in [0.2, 0.25) is 4.34 Å². The Morgan fingerprint density at radius 1 is 1.28 bits per heavy atom. The number of carbonyl (C=O) groups excluding carboxylic acids is 2. The second-order valence-electron chi connectivity index (χ2n) is 3.41. The van der Waals surface area contributed by atoms with Crippen LogP contribution in [0.25, 0.3) is 0 Å². The van der Waals surface area contributed by atoms with Crippen molar-refractivity contribution in [2.24, 2.45) is 0 Å². The molecule has 1 aromatic heterocycles. The van der Waals surface area contributed by atoms with Crippen molar-refractivity contribution < 1.29 is 19.1 Å². The van der Waals surface area contributed by atoms with E-state index in [1.807, 2.05) is 0 Å². The van der Waals surface area contributed by atoms with Gasteiger partial charge in [0.05, 0.1) is 15.6 Å². The molecular formula is C12H15ClO4S. The van der Waals surface area contributed by atoms with Crippen LogP contribution in [0.5, 0.6) is 0 Å². The number of rotatable bonds is 8. The maximum absolute atomic E-state index is 11.8. The van der Waals surface area contributed by atoms with Gasteiger partial charge < -0.3 is 9.47 Å². The lowest BCUT2D eigenvalue weighted by Gasteiger charge is -2.14. The Bertz CT molecular complexity index is 410. The predicted molar refractivity (Wildman–Crippen MR) is 70.3 cm³/mol. The first-order chi connectivity index (χ1) is 8.58. The van der Waals surface area contributed by atoms with Gasteiger partial charge in [-0.15, -0.1) is 11.3 Å².